The van der Waals surface area contributed by atoms with E-state index in [0.29, 0.717) is 23.8 Å². The van der Waals surface area contributed by atoms with E-state index in [9.17, 15) is 4.79 Å². The van der Waals surface area contributed by atoms with Gasteiger partial charge in [0, 0.05) is 37.2 Å². The highest BCUT2D eigenvalue weighted by Crippen LogP contribution is 2.15. The van der Waals surface area contributed by atoms with E-state index in [1.54, 1.807) is 10.6 Å². The molecule has 1 aliphatic heterocycles. The monoisotopic (exact) mass is 288 g/mol. The molecule has 0 aliphatic carbocycles. The van der Waals surface area contributed by atoms with Gasteiger partial charge in [-0.05, 0) is 38.7 Å². The minimum absolute atomic E-state index is 0.142. The number of rotatable bonds is 4. The lowest BCUT2D eigenvalue weighted by atomic mass is 10.1. The molecule has 1 fully saturated rings. The highest BCUT2D eigenvalue weighted by molar-refractivity contribution is 5.93. The van der Waals surface area contributed by atoms with Crippen LogP contribution < -0.4 is 5.32 Å². The SMILES string of the molecule is Cc1cc(C)n2nc(C(=O)NCCC3CCOC3)cc2n1. The van der Waals surface area contributed by atoms with Crippen LogP contribution in [0.1, 0.15) is 34.7 Å². The van der Waals surface area contributed by atoms with E-state index in [2.05, 4.69) is 15.4 Å². The lowest BCUT2D eigenvalue weighted by Crippen LogP contribution is -2.26. The number of ether oxygens (including phenoxy) is 1. The highest BCUT2D eigenvalue weighted by atomic mass is 16.5. The molecule has 1 aliphatic rings. The number of carbonyl (C=O) groups is 1. The van der Waals surface area contributed by atoms with Crippen LogP contribution in [0.3, 0.4) is 0 Å². The van der Waals surface area contributed by atoms with Gasteiger partial charge in [0.15, 0.2) is 11.3 Å². The Morgan fingerprint density at radius 3 is 3.10 bits per heavy atom. The van der Waals surface area contributed by atoms with Crippen LogP contribution in [0.15, 0.2) is 12.1 Å². The van der Waals surface area contributed by atoms with Crippen molar-refractivity contribution in [2.45, 2.75) is 26.7 Å². The van der Waals surface area contributed by atoms with E-state index in [-0.39, 0.29) is 5.91 Å². The van der Waals surface area contributed by atoms with Crippen LogP contribution in [0, 0.1) is 19.8 Å². The molecule has 0 saturated carbocycles. The summed E-state index contributed by atoms with van der Waals surface area (Å²) in [4.78, 5) is 16.5. The van der Waals surface area contributed by atoms with E-state index < -0.39 is 0 Å². The number of aromatic nitrogens is 3. The van der Waals surface area contributed by atoms with Crippen molar-refractivity contribution >= 4 is 11.6 Å². The molecule has 2 aromatic rings. The van der Waals surface area contributed by atoms with Gasteiger partial charge in [-0.3, -0.25) is 4.79 Å². The van der Waals surface area contributed by atoms with Crippen LogP contribution >= 0.6 is 0 Å². The minimum Gasteiger partial charge on any atom is -0.381 e. The van der Waals surface area contributed by atoms with Gasteiger partial charge in [-0.1, -0.05) is 0 Å². The van der Waals surface area contributed by atoms with Gasteiger partial charge in [0.25, 0.3) is 5.91 Å². The number of carbonyl (C=O) groups excluding carboxylic acids is 1. The first-order valence-corrected chi connectivity index (χ1v) is 7.33. The average Bonchev–Trinajstić information content (AvgIpc) is 3.07. The highest BCUT2D eigenvalue weighted by Gasteiger charge is 2.17. The van der Waals surface area contributed by atoms with Gasteiger partial charge >= 0.3 is 0 Å². The van der Waals surface area contributed by atoms with Gasteiger partial charge in [0.1, 0.15) is 0 Å². The third-order valence-electron chi connectivity index (χ3n) is 3.83. The predicted octanol–water partition coefficient (Wildman–Crippen LogP) is 1.50. The predicted molar refractivity (Wildman–Crippen MR) is 78.3 cm³/mol. The normalized spacial score (nSPS) is 18.3. The molecule has 0 aromatic carbocycles. The summed E-state index contributed by atoms with van der Waals surface area (Å²) < 4.78 is 7.03. The first-order valence-electron chi connectivity index (χ1n) is 7.33. The van der Waals surface area contributed by atoms with Crippen LogP contribution in [-0.2, 0) is 4.74 Å². The second kappa shape index (κ2) is 5.81. The topological polar surface area (TPSA) is 68.5 Å². The zero-order valence-corrected chi connectivity index (χ0v) is 12.4. The molecule has 1 unspecified atom stereocenters. The minimum atomic E-state index is -0.142. The summed E-state index contributed by atoms with van der Waals surface area (Å²) in [6, 6.07) is 3.68. The molecular formula is C15H20N4O2. The fourth-order valence-electron chi connectivity index (χ4n) is 2.69. The zero-order chi connectivity index (χ0) is 14.8. The third-order valence-corrected chi connectivity index (χ3v) is 3.83. The van der Waals surface area contributed by atoms with Crippen LogP contribution in [-0.4, -0.2) is 40.3 Å². The summed E-state index contributed by atoms with van der Waals surface area (Å²) in [5, 5.41) is 7.24. The summed E-state index contributed by atoms with van der Waals surface area (Å²) in [5.41, 5.74) is 3.02. The van der Waals surface area contributed by atoms with Crippen molar-refractivity contribution in [3.63, 3.8) is 0 Å². The molecule has 0 bridgehead atoms. The quantitative estimate of drug-likeness (QED) is 0.925. The maximum Gasteiger partial charge on any atom is 0.271 e. The first kappa shape index (κ1) is 14.0. The standard InChI is InChI=1S/C15H20N4O2/c1-10-7-11(2)19-14(17-10)8-13(18-19)15(20)16-5-3-12-4-6-21-9-12/h7-8,12H,3-6,9H2,1-2H3,(H,16,20). The second-order valence-electron chi connectivity index (χ2n) is 5.61. The first-order chi connectivity index (χ1) is 10.1. The Kier molecular flexibility index (Phi) is 3.88. The number of hydrogen-bond donors (Lipinski definition) is 1. The molecular weight excluding hydrogens is 268 g/mol. The van der Waals surface area contributed by atoms with Crippen molar-refractivity contribution in [1.29, 1.82) is 0 Å². The van der Waals surface area contributed by atoms with Crippen LogP contribution in [0.4, 0.5) is 0 Å². The van der Waals surface area contributed by atoms with E-state index in [4.69, 9.17) is 4.74 Å². The van der Waals surface area contributed by atoms with Gasteiger partial charge < -0.3 is 10.1 Å². The van der Waals surface area contributed by atoms with Gasteiger partial charge in [-0.25, -0.2) is 9.50 Å². The van der Waals surface area contributed by atoms with Crippen molar-refractivity contribution in [2.24, 2.45) is 5.92 Å². The van der Waals surface area contributed by atoms with Crippen molar-refractivity contribution in [3.8, 4) is 0 Å². The molecule has 1 saturated heterocycles. The molecule has 0 spiro atoms. The third kappa shape index (κ3) is 3.05. The smallest absolute Gasteiger partial charge is 0.271 e. The van der Waals surface area contributed by atoms with Crippen LogP contribution in [0.25, 0.3) is 5.65 Å². The fourth-order valence-corrected chi connectivity index (χ4v) is 2.69. The Hall–Kier alpha value is -1.95. The van der Waals surface area contributed by atoms with Gasteiger partial charge in [-0.2, -0.15) is 5.10 Å². The van der Waals surface area contributed by atoms with Crippen molar-refractivity contribution in [2.75, 3.05) is 19.8 Å². The Morgan fingerprint density at radius 1 is 1.48 bits per heavy atom. The molecule has 1 N–H and O–H groups in total. The Morgan fingerprint density at radius 2 is 2.33 bits per heavy atom. The number of aryl methyl sites for hydroxylation is 2. The maximum absolute atomic E-state index is 12.1. The number of fused-ring (bicyclic) bond motifs is 1. The molecule has 1 atom stereocenters. The summed E-state index contributed by atoms with van der Waals surface area (Å²) in [6.07, 6.45) is 2.04. The molecule has 1 amide bonds. The van der Waals surface area contributed by atoms with E-state index in [1.165, 1.54) is 0 Å². The molecule has 3 rings (SSSR count). The average molecular weight is 288 g/mol. The zero-order valence-electron chi connectivity index (χ0n) is 12.4. The van der Waals surface area contributed by atoms with E-state index >= 15 is 0 Å². The van der Waals surface area contributed by atoms with Gasteiger partial charge in [-0.15, -0.1) is 0 Å². The molecule has 3 heterocycles. The van der Waals surface area contributed by atoms with Crippen molar-refractivity contribution in [3.05, 3.63) is 29.2 Å². The molecule has 6 nitrogen and oxygen atoms in total. The fraction of sp³-hybridized carbons (Fsp3) is 0.533. The van der Waals surface area contributed by atoms with Gasteiger partial charge in [0.05, 0.1) is 0 Å². The number of nitrogens with zero attached hydrogens (tertiary/aromatic N) is 3. The maximum atomic E-state index is 12.1. The Labute approximate surface area is 123 Å². The Bertz CT molecular complexity index is 659. The summed E-state index contributed by atoms with van der Waals surface area (Å²) in [6.45, 7) is 6.20. The lowest BCUT2D eigenvalue weighted by molar-refractivity contribution is 0.0945. The molecule has 6 heteroatoms. The molecule has 21 heavy (non-hydrogen) atoms. The second-order valence-corrected chi connectivity index (χ2v) is 5.61. The number of nitrogens with one attached hydrogen (secondary N) is 1. The van der Waals surface area contributed by atoms with Crippen LogP contribution in [0.2, 0.25) is 0 Å². The lowest BCUT2D eigenvalue weighted by Gasteiger charge is -2.07. The largest absolute Gasteiger partial charge is 0.381 e. The number of amides is 1. The van der Waals surface area contributed by atoms with E-state index in [1.807, 2.05) is 19.9 Å². The molecule has 112 valence electrons. The van der Waals surface area contributed by atoms with Crippen LogP contribution in [0.5, 0.6) is 0 Å². The van der Waals surface area contributed by atoms with Crippen molar-refractivity contribution in [1.82, 2.24) is 19.9 Å². The molecule has 2 aromatic heterocycles. The van der Waals surface area contributed by atoms with Crippen molar-refractivity contribution < 1.29 is 9.53 Å². The summed E-state index contributed by atoms with van der Waals surface area (Å²) in [7, 11) is 0. The molecule has 0 radical (unpaired) electrons. The summed E-state index contributed by atoms with van der Waals surface area (Å²) in [5.74, 6) is 0.425. The van der Waals surface area contributed by atoms with Gasteiger partial charge in [0.2, 0.25) is 0 Å². The summed E-state index contributed by atoms with van der Waals surface area (Å²) >= 11 is 0. The van der Waals surface area contributed by atoms with E-state index in [0.717, 1.165) is 37.4 Å². The number of hydrogen-bond acceptors (Lipinski definition) is 4. The Balaban J connectivity index is 1.65.